The third-order valence-corrected chi connectivity index (χ3v) is 8.35. The molecule has 39 heavy (non-hydrogen) atoms. The van der Waals surface area contributed by atoms with Crippen molar-refractivity contribution in [2.45, 2.75) is 38.1 Å². The number of nitrogens with zero attached hydrogens (tertiary/aromatic N) is 6. The van der Waals surface area contributed by atoms with E-state index < -0.39 is 5.91 Å². The number of carbonyl (C=O) groups excluding carboxylic acids is 3. The Morgan fingerprint density at radius 3 is 2.46 bits per heavy atom. The van der Waals surface area contributed by atoms with Gasteiger partial charge in [-0.25, -0.2) is 9.78 Å². The van der Waals surface area contributed by atoms with E-state index in [0.717, 1.165) is 80.8 Å². The molecule has 3 fully saturated rings. The summed E-state index contributed by atoms with van der Waals surface area (Å²) in [5.74, 6) is 0.888. The number of anilines is 2. The van der Waals surface area contributed by atoms with Gasteiger partial charge >= 0.3 is 6.03 Å². The fourth-order valence-corrected chi connectivity index (χ4v) is 6.15. The van der Waals surface area contributed by atoms with Crippen molar-refractivity contribution in [1.82, 2.24) is 25.0 Å². The molecule has 3 aliphatic heterocycles. The Morgan fingerprint density at radius 2 is 1.77 bits per heavy atom. The average Bonchev–Trinajstić information content (AvgIpc) is 3.39. The lowest BCUT2D eigenvalue weighted by atomic mass is 9.94. The number of piperidine rings is 2. The molecular weight excluding hydrogens is 496 g/mol. The third-order valence-electron chi connectivity index (χ3n) is 8.35. The maximum atomic E-state index is 12.4. The maximum Gasteiger partial charge on any atom is 0.328 e. The van der Waals surface area contributed by atoms with Crippen LogP contribution in [0.1, 0.15) is 48.5 Å². The second kappa shape index (κ2) is 10.6. The Hall–Kier alpha value is -3.99. The lowest BCUT2D eigenvalue weighted by molar-refractivity contribution is -0.120. The van der Waals surface area contributed by atoms with Crippen molar-refractivity contribution in [3.63, 3.8) is 0 Å². The van der Waals surface area contributed by atoms with Crippen LogP contribution in [0.25, 0.3) is 10.9 Å². The monoisotopic (exact) mass is 530 g/mol. The van der Waals surface area contributed by atoms with E-state index in [9.17, 15) is 14.4 Å². The normalized spacial score (nSPS) is 20.0. The largest absolute Gasteiger partial charge is 0.366 e. The van der Waals surface area contributed by atoms with Crippen LogP contribution in [-0.2, 0) is 4.79 Å². The highest BCUT2D eigenvalue weighted by molar-refractivity contribution is 6.09. The highest BCUT2D eigenvalue weighted by atomic mass is 16.2. The number of primary amides is 1. The van der Waals surface area contributed by atoms with Gasteiger partial charge in [-0.15, -0.1) is 0 Å². The fraction of sp³-hybridized carbons (Fsp3) is 0.464. The zero-order chi connectivity index (χ0) is 26.9. The van der Waals surface area contributed by atoms with E-state index >= 15 is 0 Å². The Labute approximate surface area is 226 Å². The zero-order valence-corrected chi connectivity index (χ0v) is 22.0. The van der Waals surface area contributed by atoms with Crippen molar-refractivity contribution in [1.29, 1.82) is 0 Å². The molecule has 3 aliphatic rings. The van der Waals surface area contributed by atoms with Crippen molar-refractivity contribution in [2.24, 2.45) is 11.7 Å². The molecule has 0 unspecified atom stereocenters. The van der Waals surface area contributed by atoms with Crippen LogP contribution >= 0.6 is 0 Å². The molecule has 6 rings (SSSR count). The van der Waals surface area contributed by atoms with Crippen LogP contribution in [0.15, 0.2) is 42.7 Å². The summed E-state index contributed by atoms with van der Waals surface area (Å²) in [7, 11) is 0. The summed E-state index contributed by atoms with van der Waals surface area (Å²) in [6.07, 6.45) is 8.04. The van der Waals surface area contributed by atoms with Gasteiger partial charge in [-0.05, 0) is 55.9 Å². The Bertz CT molecular complexity index is 1370. The number of rotatable bonds is 6. The smallest absolute Gasteiger partial charge is 0.328 e. The molecule has 0 saturated carbocycles. The summed E-state index contributed by atoms with van der Waals surface area (Å²) in [6, 6.07) is 9.53. The summed E-state index contributed by atoms with van der Waals surface area (Å²) in [5, 5.41) is 8.09. The van der Waals surface area contributed by atoms with E-state index in [2.05, 4.69) is 30.8 Å². The van der Waals surface area contributed by atoms with E-state index in [1.165, 1.54) is 0 Å². The predicted molar refractivity (Wildman–Crippen MR) is 148 cm³/mol. The van der Waals surface area contributed by atoms with Crippen molar-refractivity contribution in [3.8, 4) is 0 Å². The highest BCUT2D eigenvalue weighted by Crippen LogP contribution is 2.33. The SMILES string of the molecule is NC(=O)c1ccc(N2CCC(CN3CCC(n4ncc5c(N6CCC(=O)NC6=O)cccc54)CC3)CC2)nc1. The first-order valence-electron chi connectivity index (χ1n) is 13.8. The molecule has 3 N–H and O–H groups in total. The number of urea groups is 1. The fourth-order valence-electron chi connectivity index (χ4n) is 6.15. The molecular formula is C28H34N8O3. The summed E-state index contributed by atoms with van der Waals surface area (Å²) < 4.78 is 2.12. The predicted octanol–water partition coefficient (Wildman–Crippen LogP) is 2.53. The number of carbonyl (C=O) groups is 3. The quantitative estimate of drug-likeness (QED) is 0.501. The van der Waals surface area contributed by atoms with Gasteiger partial charge in [-0.3, -0.25) is 24.5 Å². The van der Waals surface area contributed by atoms with Crippen LogP contribution in [0.3, 0.4) is 0 Å². The van der Waals surface area contributed by atoms with Gasteiger partial charge in [-0.1, -0.05) is 6.07 Å². The third kappa shape index (κ3) is 5.18. The lowest BCUT2D eigenvalue weighted by Gasteiger charge is -2.38. The Morgan fingerprint density at radius 1 is 0.974 bits per heavy atom. The number of aromatic nitrogens is 3. The van der Waals surface area contributed by atoms with Gasteiger partial charge < -0.3 is 15.5 Å². The number of pyridine rings is 1. The van der Waals surface area contributed by atoms with Gasteiger partial charge in [0.25, 0.3) is 0 Å². The van der Waals surface area contributed by atoms with Gasteiger partial charge in [0.2, 0.25) is 11.8 Å². The number of nitrogens with two attached hydrogens (primary N) is 1. The van der Waals surface area contributed by atoms with Crippen LogP contribution < -0.4 is 20.9 Å². The zero-order valence-electron chi connectivity index (χ0n) is 22.0. The van der Waals surface area contributed by atoms with E-state index in [-0.39, 0.29) is 11.9 Å². The minimum atomic E-state index is -0.452. The molecule has 2 aromatic heterocycles. The molecule has 5 heterocycles. The van der Waals surface area contributed by atoms with E-state index in [0.29, 0.717) is 30.5 Å². The maximum absolute atomic E-state index is 12.4. The molecule has 11 heteroatoms. The molecule has 0 spiro atoms. The highest BCUT2D eigenvalue weighted by Gasteiger charge is 2.29. The second-order valence-electron chi connectivity index (χ2n) is 10.8. The number of imide groups is 1. The lowest BCUT2D eigenvalue weighted by Crippen LogP contribution is -2.49. The Balaban J connectivity index is 1.03. The molecule has 4 amide bonds. The van der Waals surface area contributed by atoms with Gasteiger partial charge in [0.05, 0.1) is 29.0 Å². The first-order chi connectivity index (χ1) is 19.0. The van der Waals surface area contributed by atoms with Crippen LogP contribution in [0, 0.1) is 5.92 Å². The van der Waals surface area contributed by atoms with Crippen LogP contribution in [0.4, 0.5) is 16.3 Å². The number of fused-ring (bicyclic) bond motifs is 1. The number of nitrogens with one attached hydrogen (secondary N) is 1. The van der Waals surface area contributed by atoms with Crippen LogP contribution in [0.2, 0.25) is 0 Å². The first-order valence-corrected chi connectivity index (χ1v) is 13.8. The van der Waals surface area contributed by atoms with Gasteiger partial charge in [0, 0.05) is 57.3 Å². The molecule has 3 saturated heterocycles. The van der Waals surface area contributed by atoms with Crippen molar-refractivity contribution in [2.75, 3.05) is 49.1 Å². The molecule has 11 nitrogen and oxygen atoms in total. The molecule has 1 aromatic carbocycles. The molecule has 3 aromatic rings. The van der Waals surface area contributed by atoms with Crippen molar-refractivity contribution in [3.05, 3.63) is 48.3 Å². The number of hydrogen-bond acceptors (Lipinski definition) is 7. The molecule has 0 atom stereocenters. The molecule has 0 radical (unpaired) electrons. The van der Waals surface area contributed by atoms with Crippen molar-refractivity contribution < 1.29 is 14.4 Å². The standard InChI is InChI=1S/C28H34N8O3/c29-27(38)20-4-5-25(30-16-20)34-13-6-19(7-14-34)18-33-11-8-21(9-12-33)36-24-3-1-2-23(22(24)17-31-36)35-15-10-26(37)32-28(35)39/h1-5,16-17,19,21H,6-15,18H2,(H2,29,38)(H,32,37,39). The van der Waals surface area contributed by atoms with E-state index in [1.54, 1.807) is 17.2 Å². The second-order valence-corrected chi connectivity index (χ2v) is 10.8. The number of likely N-dealkylation sites (tertiary alicyclic amines) is 1. The van der Waals surface area contributed by atoms with Gasteiger partial charge in [0.1, 0.15) is 5.82 Å². The summed E-state index contributed by atoms with van der Waals surface area (Å²) >= 11 is 0. The summed E-state index contributed by atoms with van der Waals surface area (Å²) in [4.78, 5) is 46.2. The number of hydrogen-bond donors (Lipinski definition) is 2. The van der Waals surface area contributed by atoms with E-state index in [4.69, 9.17) is 10.8 Å². The molecule has 0 bridgehead atoms. The number of amides is 4. The topological polar surface area (TPSA) is 130 Å². The molecule has 204 valence electrons. The van der Waals surface area contributed by atoms with Gasteiger partial charge in [-0.2, -0.15) is 5.10 Å². The minimum absolute atomic E-state index is 0.232. The molecule has 0 aliphatic carbocycles. The van der Waals surface area contributed by atoms with Crippen molar-refractivity contribution >= 4 is 40.3 Å². The average molecular weight is 531 g/mol. The Kier molecular flexibility index (Phi) is 6.90. The number of benzene rings is 1. The van der Waals surface area contributed by atoms with Gasteiger partial charge in [0.15, 0.2) is 0 Å². The van der Waals surface area contributed by atoms with E-state index in [1.807, 2.05) is 24.4 Å². The minimum Gasteiger partial charge on any atom is -0.366 e. The summed E-state index contributed by atoms with van der Waals surface area (Å²) in [5.41, 5.74) is 7.59. The van der Waals surface area contributed by atoms with Crippen LogP contribution in [-0.4, -0.2) is 76.8 Å². The summed E-state index contributed by atoms with van der Waals surface area (Å²) in [6.45, 7) is 5.51. The first kappa shape index (κ1) is 25.3. The van der Waals surface area contributed by atoms with Crippen LogP contribution in [0.5, 0.6) is 0 Å².